The van der Waals surface area contributed by atoms with Crippen molar-refractivity contribution >= 4 is 17.4 Å². The number of benzene rings is 2. The summed E-state index contributed by atoms with van der Waals surface area (Å²) < 4.78 is 13.3. The first-order valence-electron chi connectivity index (χ1n) is 5.93. The van der Waals surface area contributed by atoms with E-state index < -0.39 is 0 Å². The quantitative estimate of drug-likeness (QED) is 0.635. The van der Waals surface area contributed by atoms with Crippen molar-refractivity contribution in [2.45, 2.75) is 11.8 Å². The predicted octanol–water partition coefficient (Wildman–Crippen LogP) is 4.34. The van der Waals surface area contributed by atoms with Gasteiger partial charge in [-0.25, -0.2) is 4.39 Å². The lowest BCUT2D eigenvalue weighted by Crippen LogP contribution is -2.05. The lowest BCUT2D eigenvalue weighted by atomic mass is 10.2. The van der Waals surface area contributed by atoms with E-state index in [1.54, 1.807) is 23.9 Å². The summed E-state index contributed by atoms with van der Waals surface area (Å²) in [5.74, 6) is 0.718. The second-order valence-corrected chi connectivity index (χ2v) is 5.24. The molecule has 0 heterocycles. The average Bonchev–Trinajstić information content (AvgIpc) is 2.39. The molecule has 2 rings (SSSR count). The lowest BCUT2D eigenvalue weighted by molar-refractivity contribution is 0.630. The zero-order valence-corrected chi connectivity index (χ0v) is 11.1. The van der Waals surface area contributed by atoms with Crippen molar-refractivity contribution < 1.29 is 4.39 Å². The van der Waals surface area contributed by atoms with Gasteiger partial charge in [-0.2, -0.15) is 0 Å². The molecule has 0 saturated carbocycles. The van der Waals surface area contributed by atoms with Crippen LogP contribution in [0.3, 0.4) is 0 Å². The number of aryl methyl sites for hydroxylation is 1. The summed E-state index contributed by atoms with van der Waals surface area (Å²) in [5.41, 5.74) is 1.84. The highest BCUT2D eigenvalue weighted by atomic mass is 32.2. The van der Waals surface area contributed by atoms with Crippen molar-refractivity contribution in [3.63, 3.8) is 0 Å². The minimum atomic E-state index is -0.196. The molecule has 1 N–H and O–H groups in total. The van der Waals surface area contributed by atoms with Crippen LogP contribution in [0.25, 0.3) is 0 Å². The molecule has 3 heteroatoms. The summed E-state index contributed by atoms with van der Waals surface area (Å²) >= 11 is 1.77. The van der Waals surface area contributed by atoms with Crippen LogP contribution >= 0.6 is 11.8 Å². The molecule has 0 amide bonds. The van der Waals surface area contributed by atoms with Gasteiger partial charge in [-0.3, -0.25) is 0 Å². The Balaban J connectivity index is 1.76. The molecular formula is C15H16FNS. The van der Waals surface area contributed by atoms with Crippen molar-refractivity contribution in [2.24, 2.45) is 0 Å². The van der Waals surface area contributed by atoms with Crippen molar-refractivity contribution in [1.82, 2.24) is 0 Å². The van der Waals surface area contributed by atoms with Gasteiger partial charge in [0.15, 0.2) is 0 Å². The molecular weight excluding hydrogens is 245 g/mol. The molecule has 0 radical (unpaired) electrons. The van der Waals surface area contributed by atoms with Crippen LogP contribution in [0.1, 0.15) is 5.56 Å². The fourth-order valence-corrected chi connectivity index (χ4v) is 2.36. The zero-order chi connectivity index (χ0) is 12.8. The Labute approximate surface area is 111 Å². The molecule has 0 saturated heterocycles. The molecule has 94 valence electrons. The summed E-state index contributed by atoms with van der Waals surface area (Å²) in [6, 6.07) is 15.2. The van der Waals surface area contributed by atoms with Crippen LogP contribution in [-0.4, -0.2) is 12.3 Å². The van der Waals surface area contributed by atoms with Gasteiger partial charge in [0.2, 0.25) is 0 Å². The summed E-state index contributed by atoms with van der Waals surface area (Å²) in [6.45, 7) is 2.83. The molecule has 0 unspecified atom stereocenters. The van der Waals surface area contributed by atoms with Gasteiger partial charge < -0.3 is 5.32 Å². The highest BCUT2D eigenvalue weighted by molar-refractivity contribution is 7.99. The van der Waals surface area contributed by atoms with Crippen molar-refractivity contribution in [2.75, 3.05) is 17.6 Å². The first kappa shape index (κ1) is 13.0. The largest absolute Gasteiger partial charge is 0.382 e. The summed E-state index contributed by atoms with van der Waals surface area (Å²) in [7, 11) is 0. The Morgan fingerprint density at radius 1 is 1.06 bits per heavy atom. The van der Waals surface area contributed by atoms with Crippen LogP contribution < -0.4 is 5.32 Å². The molecule has 0 aromatic heterocycles. The second kappa shape index (κ2) is 6.45. The van der Waals surface area contributed by atoms with Crippen molar-refractivity contribution in [1.29, 1.82) is 0 Å². The van der Waals surface area contributed by atoms with Crippen LogP contribution in [-0.2, 0) is 0 Å². The van der Waals surface area contributed by atoms with E-state index in [0.29, 0.717) is 5.69 Å². The maximum atomic E-state index is 13.3. The van der Waals surface area contributed by atoms with Crippen LogP contribution in [0, 0.1) is 12.7 Å². The molecule has 0 spiro atoms. The maximum absolute atomic E-state index is 13.3. The number of thioether (sulfide) groups is 1. The Morgan fingerprint density at radius 2 is 1.78 bits per heavy atom. The molecule has 0 aliphatic heterocycles. The number of rotatable bonds is 5. The van der Waals surface area contributed by atoms with E-state index in [1.165, 1.54) is 16.5 Å². The van der Waals surface area contributed by atoms with Gasteiger partial charge in [-0.1, -0.05) is 29.8 Å². The van der Waals surface area contributed by atoms with Gasteiger partial charge in [-0.15, -0.1) is 11.8 Å². The highest BCUT2D eigenvalue weighted by Crippen LogP contribution is 2.18. The van der Waals surface area contributed by atoms with Gasteiger partial charge >= 0.3 is 0 Å². The molecule has 0 atom stereocenters. The number of halogens is 1. The zero-order valence-electron chi connectivity index (χ0n) is 10.3. The SMILES string of the molecule is Cc1ccc(SCCNc2ccccc2F)cc1. The fraction of sp³-hybridized carbons (Fsp3) is 0.200. The van der Waals surface area contributed by atoms with E-state index >= 15 is 0 Å². The van der Waals surface area contributed by atoms with E-state index in [0.717, 1.165) is 12.3 Å². The number of nitrogens with one attached hydrogen (secondary N) is 1. The Hall–Kier alpha value is -1.48. The van der Waals surface area contributed by atoms with E-state index in [9.17, 15) is 4.39 Å². The van der Waals surface area contributed by atoms with Crippen LogP contribution in [0.15, 0.2) is 53.4 Å². The third kappa shape index (κ3) is 3.77. The smallest absolute Gasteiger partial charge is 0.146 e. The van der Waals surface area contributed by atoms with Gasteiger partial charge in [0.1, 0.15) is 5.82 Å². The van der Waals surface area contributed by atoms with E-state index in [2.05, 4.69) is 36.5 Å². The van der Waals surface area contributed by atoms with Crippen molar-refractivity contribution in [3.8, 4) is 0 Å². The Morgan fingerprint density at radius 3 is 2.50 bits per heavy atom. The van der Waals surface area contributed by atoms with Gasteiger partial charge in [0.05, 0.1) is 5.69 Å². The number of hydrogen-bond donors (Lipinski definition) is 1. The molecule has 2 aromatic rings. The first-order chi connectivity index (χ1) is 8.75. The van der Waals surface area contributed by atoms with Crippen LogP contribution in [0.5, 0.6) is 0 Å². The van der Waals surface area contributed by atoms with Gasteiger partial charge in [0, 0.05) is 17.2 Å². The monoisotopic (exact) mass is 261 g/mol. The normalized spacial score (nSPS) is 10.3. The summed E-state index contributed by atoms with van der Waals surface area (Å²) in [4.78, 5) is 1.25. The van der Waals surface area contributed by atoms with Crippen LogP contribution in [0.2, 0.25) is 0 Å². The fourth-order valence-electron chi connectivity index (χ4n) is 1.59. The molecule has 1 nitrogen and oxygen atoms in total. The number of para-hydroxylation sites is 1. The summed E-state index contributed by atoms with van der Waals surface area (Å²) in [5, 5.41) is 3.10. The molecule has 18 heavy (non-hydrogen) atoms. The van der Waals surface area contributed by atoms with Gasteiger partial charge in [0.25, 0.3) is 0 Å². The van der Waals surface area contributed by atoms with Crippen molar-refractivity contribution in [3.05, 3.63) is 59.9 Å². The van der Waals surface area contributed by atoms with E-state index in [-0.39, 0.29) is 5.82 Å². The molecule has 0 fully saturated rings. The molecule has 0 bridgehead atoms. The number of anilines is 1. The van der Waals surface area contributed by atoms with Crippen LogP contribution in [0.4, 0.5) is 10.1 Å². The average molecular weight is 261 g/mol. The minimum absolute atomic E-state index is 0.196. The lowest BCUT2D eigenvalue weighted by Gasteiger charge is -2.07. The third-order valence-electron chi connectivity index (χ3n) is 2.58. The Bertz CT molecular complexity index is 496. The topological polar surface area (TPSA) is 12.0 Å². The first-order valence-corrected chi connectivity index (χ1v) is 6.92. The summed E-state index contributed by atoms with van der Waals surface area (Å²) in [6.07, 6.45) is 0. The molecule has 0 aliphatic carbocycles. The molecule has 2 aromatic carbocycles. The second-order valence-electron chi connectivity index (χ2n) is 4.07. The maximum Gasteiger partial charge on any atom is 0.146 e. The highest BCUT2D eigenvalue weighted by Gasteiger charge is 1.99. The predicted molar refractivity (Wildman–Crippen MR) is 76.8 cm³/mol. The van der Waals surface area contributed by atoms with Gasteiger partial charge in [-0.05, 0) is 31.2 Å². The minimum Gasteiger partial charge on any atom is -0.382 e. The Kier molecular flexibility index (Phi) is 4.65. The molecule has 0 aliphatic rings. The number of hydrogen-bond acceptors (Lipinski definition) is 2. The standard InChI is InChI=1S/C15H16FNS/c1-12-6-8-13(9-7-12)18-11-10-17-15-5-3-2-4-14(15)16/h2-9,17H,10-11H2,1H3. The van der Waals surface area contributed by atoms with E-state index in [1.807, 2.05) is 6.07 Å². The third-order valence-corrected chi connectivity index (χ3v) is 3.59. The van der Waals surface area contributed by atoms with E-state index in [4.69, 9.17) is 0 Å².